The maximum atomic E-state index is 11.5. The lowest BCUT2D eigenvalue weighted by atomic mass is 9.90. The van der Waals surface area contributed by atoms with Gasteiger partial charge in [-0.05, 0) is 31.7 Å². The van der Waals surface area contributed by atoms with Gasteiger partial charge < -0.3 is 10.6 Å². The summed E-state index contributed by atoms with van der Waals surface area (Å²) < 4.78 is 0. The molecule has 86 valence electrons. The molecule has 1 saturated heterocycles. The van der Waals surface area contributed by atoms with Crippen LogP contribution >= 0.6 is 0 Å². The molecule has 3 nitrogen and oxygen atoms in total. The van der Waals surface area contributed by atoms with Crippen LogP contribution in [0.25, 0.3) is 0 Å². The van der Waals surface area contributed by atoms with Gasteiger partial charge in [0.25, 0.3) is 0 Å². The molecule has 1 aliphatic heterocycles. The molecule has 15 heavy (non-hydrogen) atoms. The van der Waals surface area contributed by atoms with Crippen molar-refractivity contribution in [1.82, 2.24) is 10.6 Å². The highest BCUT2D eigenvalue weighted by Crippen LogP contribution is 2.25. The summed E-state index contributed by atoms with van der Waals surface area (Å²) in [6, 6.07) is -0.0793. The number of nitrogens with one attached hydrogen (secondary N) is 2. The average molecular weight is 210 g/mol. The number of amides is 1. The molecule has 1 heterocycles. The van der Waals surface area contributed by atoms with E-state index in [0.717, 1.165) is 19.4 Å². The molecule has 0 aromatic carbocycles. The summed E-state index contributed by atoms with van der Waals surface area (Å²) >= 11 is 0. The molecule has 0 saturated carbocycles. The van der Waals surface area contributed by atoms with Crippen LogP contribution in [-0.2, 0) is 4.79 Å². The molecule has 1 amide bonds. The van der Waals surface area contributed by atoms with Gasteiger partial charge in [0, 0.05) is 7.05 Å². The highest BCUT2D eigenvalue weighted by molar-refractivity contribution is 5.81. The van der Waals surface area contributed by atoms with Gasteiger partial charge in [0.1, 0.15) is 0 Å². The third kappa shape index (κ3) is 3.34. The second-order valence-electron chi connectivity index (χ2n) is 4.26. The van der Waals surface area contributed by atoms with Crippen molar-refractivity contribution in [2.45, 2.75) is 38.6 Å². The summed E-state index contributed by atoms with van der Waals surface area (Å²) in [5.41, 5.74) is 1.23. The molecule has 2 atom stereocenters. The Morgan fingerprint density at radius 1 is 1.67 bits per heavy atom. The molecule has 0 spiro atoms. The van der Waals surface area contributed by atoms with E-state index >= 15 is 0 Å². The Morgan fingerprint density at radius 3 is 3.00 bits per heavy atom. The van der Waals surface area contributed by atoms with E-state index in [9.17, 15) is 4.79 Å². The Labute approximate surface area is 92.3 Å². The summed E-state index contributed by atoms with van der Waals surface area (Å²) in [5, 5.41) is 5.97. The summed E-state index contributed by atoms with van der Waals surface area (Å²) in [6.07, 6.45) is 4.28. The Bertz CT molecular complexity index is 238. The zero-order valence-electron chi connectivity index (χ0n) is 9.81. The lowest BCUT2D eigenvalue weighted by molar-refractivity contribution is -0.122. The fraction of sp³-hybridized carbons (Fsp3) is 0.750. The standard InChI is InChI=1S/C12H22N2O/c1-4-5-10-6-7-14-11(8-9(10)2)12(15)13-3/h10-11,14H,2,4-8H2,1,3H3,(H,13,15)/t10?,11-/m0/s1. The Kier molecular flexibility index (Phi) is 4.82. The first kappa shape index (κ1) is 12.2. The quantitative estimate of drug-likeness (QED) is 0.692. The van der Waals surface area contributed by atoms with E-state index in [1.165, 1.54) is 18.4 Å². The van der Waals surface area contributed by atoms with Crippen molar-refractivity contribution in [2.24, 2.45) is 5.92 Å². The van der Waals surface area contributed by atoms with Crippen LogP contribution in [0.3, 0.4) is 0 Å². The third-order valence-corrected chi connectivity index (χ3v) is 3.13. The van der Waals surface area contributed by atoms with Gasteiger partial charge in [0.15, 0.2) is 0 Å². The largest absolute Gasteiger partial charge is 0.358 e. The highest BCUT2D eigenvalue weighted by atomic mass is 16.2. The minimum atomic E-state index is -0.0793. The second-order valence-corrected chi connectivity index (χ2v) is 4.26. The summed E-state index contributed by atoms with van der Waals surface area (Å²) in [7, 11) is 1.68. The molecule has 1 aliphatic rings. The molecule has 3 heteroatoms. The van der Waals surface area contributed by atoms with Crippen molar-refractivity contribution in [2.75, 3.05) is 13.6 Å². The van der Waals surface area contributed by atoms with E-state index < -0.39 is 0 Å². The van der Waals surface area contributed by atoms with E-state index in [2.05, 4.69) is 24.1 Å². The topological polar surface area (TPSA) is 41.1 Å². The van der Waals surface area contributed by atoms with Crippen molar-refractivity contribution < 1.29 is 4.79 Å². The minimum Gasteiger partial charge on any atom is -0.358 e. The van der Waals surface area contributed by atoms with Crippen molar-refractivity contribution in [3.8, 4) is 0 Å². The van der Waals surface area contributed by atoms with Crippen LogP contribution in [0.1, 0.15) is 32.6 Å². The molecule has 0 aliphatic carbocycles. The summed E-state index contributed by atoms with van der Waals surface area (Å²) in [4.78, 5) is 11.5. The summed E-state index contributed by atoms with van der Waals surface area (Å²) in [6.45, 7) is 7.24. The highest BCUT2D eigenvalue weighted by Gasteiger charge is 2.24. The van der Waals surface area contributed by atoms with Gasteiger partial charge in [-0.1, -0.05) is 25.5 Å². The van der Waals surface area contributed by atoms with Gasteiger partial charge in [0.2, 0.25) is 5.91 Å². The van der Waals surface area contributed by atoms with Gasteiger partial charge in [-0.15, -0.1) is 0 Å². The number of carbonyl (C=O) groups is 1. The smallest absolute Gasteiger partial charge is 0.237 e. The first-order valence-corrected chi connectivity index (χ1v) is 5.81. The normalized spacial score (nSPS) is 27.2. The molecule has 0 radical (unpaired) electrons. The zero-order valence-corrected chi connectivity index (χ0v) is 9.81. The van der Waals surface area contributed by atoms with E-state index in [4.69, 9.17) is 0 Å². The number of hydrogen-bond acceptors (Lipinski definition) is 2. The maximum Gasteiger partial charge on any atom is 0.237 e. The third-order valence-electron chi connectivity index (χ3n) is 3.13. The van der Waals surface area contributed by atoms with Crippen LogP contribution in [0.2, 0.25) is 0 Å². The van der Waals surface area contributed by atoms with Crippen molar-refractivity contribution in [1.29, 1.82) is 0 Å². The predicted molar refractivity (Wildman–Crippen MR) is 62.6 cm³/mol. The van der Waals surface area contributed by atoms with Crippen LogP contribution in [0, 0.1) is 5.92 Å². The number of rotatable bonds is 3. The van der Waals surface area contributed by atoms with Crippen molar-refractivity contribution in [3.05, 3.63) is 12.2 Å². The predicted octanol–water partition coefficient (Wildman–Crippen LogP) is 1.46. The first-order chi connectivity index (χ1) is 7.19. The lowest BCUT2D eigenvalue weighted by Crippen LogP contribution is -2.42. The summed E-state index contributed by atoms with van der Waals surface area (Å²) in [5.74, 6) is 0.672. The lowest BCUT2D eigenvalue weighted by Gasteiger charge is -2.16. The first-order valence-electron chi connectivity index (χ1n) is 5.81. The van der Waals surface area contributed by atoms with Crippen molar-refractivity contribution >= 4 is 5.91 Å². The molecule has 0 aromatic rings. The van der Waals surface area contributed by atoms with Crippen LogP contribution in [0.4, 0.5) is 0 Å². The van der Waals surface area contributed by atoms with Crippen LogP contribution in [0.15, 0.2) is 12.2 Å². The van der Waals surface area contributed by atoms with Gasteiger partial charge in [-0.3, -0.25) is 4.79 Å². The molecule has 0 bridgehead atoms. The fourth-order valence-corrected chi connectivity index (χ4v) is 2.19. The van der Waals surface area contributed by atoms with Crippen LogP contribution in [0.5, 0.6) is 0 Å². The molecule has 1 unspecified atom stereocenters. The van der Waals surface area contributed by atoms with Gasteiger partial charge >= 0.3 is 0 Å². The Morgan fingerprint density at radius 2 is 2.40 bits per heavy atom. The molecular weight excluding hydrogens is 188 g/mol. The maximum absolute atomic E-state index is 11.5. The van der Waals surface area contributed by atoms with Gasteiger partial charge in [-0.2, -0.15) is 0 Å². The molecule has 0 aromatic heterocycles. The number of likely N-dealkylation sites (N-methyl/N-ethyl adjacent to an activating group) is 1. The Balaban J connectivity index is 2.56. The second kappa shape index (κ2) is 5.91. The van der Waals surface area contributed by atoms with Crippen LogP contribution < -0.4 is 10.6 Å². The molecule has 2 N–H and O–H groups in total. The van der Waals surface area contributed by atoms with E-state index in [1.807, 2.05) is 0 Å². The SMILES string of the molecule is C=C1C[C@@H](C(=O)NC)NCCC1CCC. The number of carbonyl (C=O) groups excluding carboxylic acids is 1. The van der Waals surface area contributed by atoms with E-state index in [1.54, 1.807) is 7.05 Å². The molecular formula is C12H22N2O. The average Bonchev–Trinajstić information content (AvgIpc) is 2.41. The number of hydrogen-bond donors (Lipinski definition) is 2. The minimum absolute atomic E-state index is 0.0771. The van der Waals surface area contributed by atoms with E-state index in [-0.39, 0.29) is 11.9 Å². The van der Waals surface area contributed by atoms with Crippen LogP contribution in [-0.4, -0.2) is 25.5 Å². The van der Waals surface area contributed by atoms with E-state index in [0.29, 0.717) is 5.92 Å². The van der Waals surface area contributed by atoms with Gasteiger partial charge in [0.05, 0.1) is 6.04 Å². The molecule has 1 fully saturated rings. The van der Waals surface area contributed by atoms with Gasteiger partial charge in [-0.25, -0.2) is 0 Å². The molecule has 1 rings (SSSR count). The monoisotopic (exact) mass is 210 g/mol. The zero-order chi connectivity index (χ0) is 11.3. The van der Waals surface area contributed by atoms with Crippen molar-refractivity contribution in [3.63, 3.8) is 0 Å². The Hall–Kier alpha value is -0.830. The fourth-order valence-electron chi connectivity index (χ4n) is 2.19.